The predicted octanol–water partition coefficient (Wildman–Crippen LogP) is 4.82. The summed E-state index contributed by atoms with van der Waals surface area (Å²) in [6.45, 7) is 8.23. The molecule has 2 aromatic carbocycles. The Kier molecular flexibility index (Phi) is 4.19. The molecule has 0 bridgehead atoms. The third-order valence-electron chi connectivity index (χ3n) is 3.71. The van der Waals surface area contributed by atoms with E-state index < -0.39 is 0 Å². The minimum absolute atomic E-state index is 0.0562. The molecule has 0 atom stereocenters. The van der Waals surface area contributed by atoms with Crippen LogP contribution in [0.1, 0.15) is 38.2 Å². The van der Waals surface area contributed by atoms with E-state index in [2.05, 4.69) is 32.9 Å². The van der Waals surface area contributed by atoms with Crippen molar-refractivity contribution < 1.29 is 4.79 Å². The molecule has 0 aromatic heterocycles. The van der Waals surface area contributed by atoms with E-state index in [1.807, 2.05) is 37.3 Å². The fourth-order valence-corrected chi connectivity index (χ4v) is 2.27. The van der Waals surface area contributed by atoms with Gasteiger partial charge < -0.3 is 0 Å². The van der Waals surface area contributed by atoms with Crippen LogP contribution in [0.15, 0.2) is 42.5 Å². The molecular formula is C19H20O. The Morgan fingerprint density at radius 2 is 1.50 bits per heavy atom. The third kappa shape index (κ3) is 3.05. The molecular weight excluding hydrogens is 244 g/mol. The lowest BCUT2D eigenvalue weighted by molar-refractivity contribution is 0.104. The van der Waals surface area contributed by atoms with Gasteiger partial charge in [-0.3, -0.25) is 4.79 Å². The molecule has 0 aliphatic carbocycles. The van der Waals surface area contributed by atoms with Gasteiger partial charge in [-0.25, -0.2) is 0 Å². The second-order valence-corrected chi connectivity index (χ2v) is 5.31. The maximum Gasteiger partial charge on any atom is 0.186 e. The minimum atomic E-state index is 0.0562. The van der Waals surface area contributed by atoms with Gasteiger partial charge in [-0.2, -0.15) is 0 Å². The number of ketones is 1. The zero-order valence-electron chi connectivity index (χ0n) is 12.5. The molecule has 0 amide bonds. The number of benzene rings is 2. The van der Waals surface area contributed by atoms with Gasteiger partial charge in [-0.05, 0) is 61.6 Å². The highest BCUT2D eigenvalue weighted by Crippen LogP contribution is 2.17. The van der Waals surface area contributed by atoms with E-state index in [-0.39, 0.29) is 5.78 Å². The first-order valence-electron chi connectivity index (χ1n) is 6.85. The summed E-state index contributed by atoms with van der Waals surface area (Å²) in [5, 5.41) is 0. The minimum Gasteiger partial charge on any atom is -0.289 e. The van der Waals surface area contributed by atoms with E-state index in [9.17, 15) is 4.79 Å². The zero-order chi connectivity index (χ0) is 14.7. The monoisotopic (exact) mass is 264 g/mol. The molecule has 1 heteroatoms. The molecule has 0 aliphatic heterocycles. The number of aryl methyl sites for hydroxylation is 4. The standard InChI is InChI=1S/C19H20O/c1-13-7-5-6-8-18(13)19(20)10-9-17-12-15(3)14(2)11-16(17)4/h5-12H,1-4H3/b10-9+. The van der Waals surface area contributed by atoms with Crippen LogP contribution in [0, 0.1) is 27.7 Å². The fraction of sp³-hybridized carbons (Fsp3) is 0.211. The van der Waals surface area contributed by atoms with Gasteiger partial charge in [0.1, 0.15) is 0 Å². The molecule has 0 saturated carbocycles. The van der Waals surface area contributed by atoms with Crippen LogP contribution < -0.4 is 0 Å². The van der Waals surface area contributed by atoms with Crippen LogP contribution in [-0.4, -0.2) is 5.78 Å². The Labute approximate surface area is 121 Å². The van der Waals surface area contributed by atoms with Gasteiger partial charge in [-0.1, -0.05) is 42.5 Å². The van der Waals surface area contributed by atoms with Crippen LogP contribution in [0.4, 0.5) is 0 Å². The van der Waals surface area contributed by atoms with Crippen molar-refractivity contribution in [3.05, 3.63) is 75.9 Å². The molecule has 2 aromatic rings. The van der Waals surface area contributed by atoms with Gasteiger partial charge in [0.05, 0.1) is 0 Å². The Morgan fingerprint density at radius 3 is 2.20 bits per heavy atom. The maximum absolute atomic E-state index is 12.2. The summed E-state index contributed by atoms with van der Waals surface area (Å²) in [5.74, 6) is 0.0562. The molecule has 20 heavy (non-hydrogen) atoms. The highest BCUT2D eigenvalue weighted by Gasteiger charge is 2.05. The van der Waals surface area contributed by atoms with Gasteiger partial charge in [0, 0.05) is 5.56 Å². The quantitative estimate of drug-likeness (QED) is 0.574. The first-order valence-corrected chi connectivity index (χ1v) is 6.85. The van der Waals surface area contributed by atoms with Crippen molar-refractivity contribution in [2.24, 2.45) is 0 Å². The summed E-state index contributed by atoms with van der Waals surface area (Å²) in [7, 11) is 0. The van der Waals surface area contributed by atoms with Gasteiger partial charge in [-0.15, -0.1) is 0 Å². The van der Waals surface area contributed by atoms with E-state index >= 15 is 0 Å². The summed E-state index contributed by atoms with van der Waals surface area (Å²) in [4.78, 5) is 12.2. The van der Waals surface area contributed by atoms with E-state index in [1.54, 1.807) is 6.08 Å². The Morgan fingerprint density at radius 1 is 0.850 bits per heavy atom. The van der Waals surface area contributed by atoms with Crippen LogP contribution >= 0.6 is 0 Å². The second kappa shape index (κ2) is 5.87. The highest BCUT2D eigenvalue weighted by atomic mass is 16.1. The molecule has 0 unspecified atom stereocenters. The number of hydrogen-bond donors (Lipinski definition) is 0. The van der Waals surface area contributed by atoms with Crippen LogP contribution in [0.5, 0.6) is 0 Å². The Hall–Kier alpha value is -2.15. The van der Waals surface area contributed by atoms with Gasteiger partial charge >= 0.3 is 0 Å². The average molecular weight is 264 g/mol. The van der Waals surface area contributed by atoms with Crippen molar-refractivity contribution in [1.29, 1.82) is 0 Å². The van der Waals surface area contributed by atoms with Gasteiger partial charge in [0.15, 0.2) is 5.78 Å². The molecule has 0 heterocycles. The first-order chi connectivity index (χ1) is 9.49. The van der Waals surface area contributed by atoms with Crippen LogP contribution in [0.25, 0.3) is 6.08 Å². The molecule has 0 spiro atoms. The van der Waals surface area contributed by atoms with Crippen LogP contribution in [0.2, 0.25) is 0 Å². The molecule has 0 fully saturated rings. The normalized spacial score (nSPS) is 11.0. The van der Waals surface area contributed by atoms with Crippen molar-refractivity contribution >= 4 is 11.9 Å². The van der Waals surface area contributed by atoms with E-state index in [0.717, 1.165) is 16.7 Å². The van der Waals surface area contributed by atoms with E-state index in [0.29, 0.717) is 0 Å². The van der Waals surface area contributed by atoms with Crippen molar-refractivity contribution in [3.63, 3.8) is 0 Å². The second-order valence-electron chi connectivity index (χ2n) is 5.31. The largest absolute Gasteiger partial charge is 0.289 e. The SMILES string of the molecule is Cc1cc(C)c(/C=C/C(=O)c2ccccc2C)cc1C. The molecule has 0 radical (unpaired) electrons. The third-order valence-corrected chi connectivity index (χ3v) is 3.71. The molecule has 0 saturated heterocycles. The Balaban J connectivity index is 2.28. The first kappa shape index (κ1) is 14.3. The number of rotatable bonds is 3. The average Bonchev–Trinajstić information content (AvgIpc) is 2.41. The molecule has 1 nitrogen and oxygen atoms in total. The zero-order valence-corrected chi connectivity index (χ0v) is 12.5. The molecule has 2 rings (SSSR count). The molecule has 0 N–H and O–H groups in total. The van der Waals surface area contributed by atoms with E-state index in [1.165, 1.54) is 16.7 Å². The lowest BCUT2D eigenvalue weighted by Crippen LogP contribution is -1.97. The van der Waals surface area contributed by atoms with Gasteiger partial charge in [0.25, 0.3) is 0 Å². The predicted molar refractivity (Wildman–Crippen MR) is 85.2 cm³/mol. The summed E-state index contributed by atoms with van der Waals surface area (Å²) in [6.07, 6.45) is 3.58. The molecule has 102 valence electrons. The highest BCUT2D eigenvalue weighted by molar-refractivity contribution is 6.07. The summed E-state index contributed by atoms with van der Waals surface area (Å²) in [5.41, 5.74) is 6.62. The smallest absolute Gasteiger partial charge is 0.186 e. The lowest BCUT2D eigenvalue weighted by atomic mass is 9.99. The van der Waals surface area contributed by atoms with Crippen molar-refractivity contribution in [2.45, 2.75) is 27.7 Å². The number of allylic oxidation sites excluding steroid dienone is 1. The van der Waals surface area contributed by atoms with Crippen LogP contribution in [-0.2, 0) is 0 Å². The number of carbonyl (C=O) groups is 1. The van der Waals surface area contributed by atoms with E-state index in [4.69, 9.17) is 0 Å². The summed E-state index contributed by atoms with van der Waals surface area (Å²) < 4.78 is 0. The number of carbonyl (C=O) groups excluding carboxylic acids is 1. The summed E-state index contributed by atoms with van der Waals surface area (Å²) >= 11 is 0. The van der Waals surface area contributed by atoms with Crippen molar-refractivity contribution in [3.8, 4) is 0 Å². The van der Waals surface area contributed by atoms with Crippen molar-refractivity contribution in [2.75, 3.05) is 0 Å². The van der Waals surface area contributed by atoms with Crippen LogP contribution in [0.3, 0.4) is 0 Å². The number of hydrogen-bond acceptors (Lipinski definition) is 1. The summed E-state index contributed by atoms with van der Waals surface area (Å²) in [6, 6.07) is 12.0. The maximum atomic E-state index is 12.2. The fourth-order valence-electron chi connectivity index (χ4n) is 2.27. The van der Waals surface area contributed by atoms with Gasteiger partial charge in [0.2, 0.25) is 0 Å². The topological polar surface area (TPSA) is 17.1 Å². The molecule has 0 aliphatic rings. The Bertz CT molecular complexity index is 678. The lowest BCUT2D eigenvalue weighted by Gasteiger charge is -2.06. The van der Waals surface area contributed by atoms with Crippen molar-refractivity contribution in [1.82, 2.24) is 0 Å².